The highest BCUT2D eigenvalue weighted by molar-refractivity contribution is 5.70. The maximum Gasteiger partial charge on any atom is 0.306 e. The summed E-state index contributed by atoms with van der Waals surface area (Å²) in [4.78, 5) is 10.6. The summed E-state index contributed by atoms with van der Waals surface area (Å²) >= 11 is 0. The number of aliphatic carboxylic acids is 1. The molecule has 0 aromatic heterocycles. The van der Waals surface area contributed by atoms with Gasteiger partial charge in [0.05, 0.1) is 5.92 Å². The van der Waals surface area contributed by atoms with Crippen molar-refractivity contribution < 1.29 is 9.90 Å². The van der Waals surface area contributed by atoms with Crippen LogP contribution in [0.4, 0.5) is 0 Å². The Morgan fingerprint density at radius 3 is 2.18 bits per heavy atom. The van der Waals surface area contributed by atoms with Crippen LogP contribution in [-0.4, -0.2) is 17.1 Å². The zero-order valence-corrected chi connectivity index (χ0v) is 6.36. The Hall–Kier alpha value is -0.570. The van der Waals surface area contributed by atoms with Gasteiger partial charge in [0.2, 0.25) is 0 Å². The number of rotatable bonds is 1. The summed E-state index contributed by atoms with van der Waals surface area (Å²) in [6, 6.07) is 0.311. The molecule has 2 atom stereocenters. The highest BCUT2D eigenvalue weighted by atomic mass is 16.4. The van der Waals surface area contributed by atoms with E-state index in [-0.39, 0.29) is 5.92 Å². The molecule has 3 fully saturated rings. The van der Waals surface area contributed by atoms with Gasteiger partial charge >= 0.3 is 5.97 Å². The molecule has 0 heterocycles. The molecule has 3 nitrogen and oxygen atoms in total. The standard InChI is InChI=1S/C8H13NO2/c9-7-4-1-5(7)3-6(2-4)8(10)11/h4-7H,1-3,9H2,(H,10,11). The van der Waals surface area contributed by atoms with Gasteiger partial charge in [-0.3, -0.25) is 4.79 Å². The molecule has 2 bridgehead atoms. The molecular weight excluding hydrogens is 142 g/mol. The van der Waals surface area contributed by atoms with E-state index in [1.54, 1.807) is 0 Å². The van der Waals surface area contributed by atoms with E-state index in [1.165, 1.54) is 6.42 Å². The van der Waals surface area contributed by atoms with Crippen LogP contribution in [0.1, 0.15) is 19.3 Å². The average Bonchev–Trinajstić information content (AvgIpc) is 2.03. The number of carboxylic acid groups (broad SMARTS) is 1. The summed E-state index contributed by atoms with van der Waals surface area (Å²) in [5.74, 6) is 0.287. The van der Waals surface area contributed by atoms with Crippen LogP contribution in [-0.2, 0) is 4.79 Å². The summed E-state index contributed by atoms with van der Waals surface area (Å²) in [7, 11) is 0. The van der Waals surface area contributed by atoms with Crippen molar-refractivity contribution in [3.63, 3.8) is 0 Å². The Balaban J connectivity index is 1.99. The first-order valence-corrected chi connectivity index (χ1v) is 4.17. The molecule has 62 valence electrons. The van der Waals surface area contributed by atoms with Crippen molar-refractivity contribution in [3.05, 3.63) is 0 Å². The van der Waals surface area contributed by atoms with Crippen LogP contribution in [0.25, 0.3) is 0 Å². The smallest absolute Gasteiger partial charge is 0.306 e. The van der Waals surface area contributed by atoms with Gasteiger partial charge in [0.15, 0.2) is 0 Å². The summed E-state index contributed by atoms with van der Waals surface area (Å²) in [6.45, 7) is 0. The lowest BCUT2D eigenvalue weighted by Crippen LogP contribution is -2.54. The minimum atomic E-state index is -0.633. The van der Waals surface area contributed by atoms with Crippen LogP contribution in [0.15, 0.2) is 0 Å². The second kappa shape index (κ2) is 2.21. The average molecular weight is 155 g/mol. The molecule has 0 aromatic carbocycles. The zero-order valence-electron chi connectivity index (χ0n) is 6.36. The van der Waals surface area contributed by atoms with Crippen LogP contribution < -0.4 is 5.73 Å². The molecule has 2 unspecified atom stereocenters. The number of hydrogen-bond acceptors (Lipinski definition) is 2. The third-order valence-corrected chi connectivity index (χ3v) is 3.22. The number of carbonyl (C=O) groups is 1. The fourth-order valence-electron chi connectivity index (χ4n) is 2.43. The number of fused-ring (bicyclic) bond motifs is 2. The Morgan fingerprint density at radius 1 is 1.27 bits per heavy atom. The van der Waals surface area contributed by atoms with Crippen molar-refractivity contribution in [2.24, 2.45) is 23.5 Å². The quantitative estimate of drug-likeness (QED) is 0.577. The third-order valence-electron chi connectivity index (χ3n) is 3.22. The molecule has 3 aliphatic carbocycles. The van der Waals surface area contributed by atoms with Gasteiger partial charge < -0.3 is 10.8 Å². The number of hydrogen-bond donors (Lipinski definition) is 2. The first-order valence-electron chi connectivity index (χ1n) is 4.17. The fraction of sp³-hybridized carbons (Fsp3) is 0.875. The van der Waals surface area contributed by atoms with Crippen LogP contribution in [0.2, 0.25) is 0 Å². The molecule has 0 radical (unpaired) electrons. The number of carboxylic acids is 1. The second-order valence-electron chi connectivity index (χ2n) is 3.84. The van der Waals surface area contributed by atoms with Gasteiger partial charge in [0.1, 0.15) is 0 Å². The maximum atomic E-state index is 10.6. The Kier molecular flexibility index (Phi) is 1.42. The van der Waals surface area contributed by atoms with E-state index >= 15 is 0 Å². The molecule has 0 amide bonds. The van der Waals surface area contributed by atoms with Crippen molar-refractivity contribution in [2.75, 3.05) is 0 Å². The van der Waals surface area contributed by atoms with E-state index < -0.39 is 5.97 Å². The van der Waals surface area contributed by atoms with E-state index in [0.29, 0.717) is 17.9 Å². The minimum Gasteiger partial charge on any atom is -0.481 e. The molecule has 0 spiro atoms. The lowest BCUT2D eigenvalue weighted by molar-refractivity contribution is -0.147. The van der Waals surface area contributed by atoms with E-state index in [9.17, 15) is 4.79 Å². The van der Waals surface area contributed by atoms with Gasteiger partial charge in [-0.15, -0.1) is 0 Å². The molecule has 3 aliphatic rings. The van der Waals surface area contributed by atoms with Crippen molar-refractivity contribution in [1.29, 1.82) is 0 Å². The van der Waals surface area contributed by atoms with E-state index in [1.807, 2.05) is 0 Å². The summed E-state index contributed by atoms with van der Waals surface area (Å²) < 4.78 is 0. The second-order valence-corrected chi connectivity index (χ2v) is 3.84. The third kappa shape index (κ3) is 0.948. The SMILES string of the molecule is NC1C2CC(C(=O)O)CC1C2. The van der Waals surface area contributed by atoms with E-state index in [0.717, 1.165) is 12.8 Å². The van der Waals surface area contributed by atoms with Crippen LogP contribution in [0, 0.1) is 17.8 Å². The molecule has 3 saturated carbocycles. The van der Waals surface area contributed by atoms with Gasteiger partial charge in [-0.1, -0.05) is 0 Å². The molecule has 3 rings (SSSR count). The van der Waals surface area contributed by atoms with Crippen molar-refractivity contribution in [2.45, 2.75) is 25.3 Å². The molecule has 3 heteroatoms. The van der Waals surface area contributed by atoms with Crippen LogP contribution in [0.5, 0.6) is 0 Å². The molecule has 0 aliphatic heterocycles. The Labute approximate surface area is 65.6 Å². The molecule has 3 N–H and O–H groups in total. The summed E-state index contributed by atoms with van der Waals surface area (Å²) in [5.41, 5.74) is 5.80. The lowest BCUT2D eigenvalue weighted by atomic mass is 9.58. The summed E-state index contributed by atoms with van der Waals surface area (Å²) in [6.07, 6.45) is 2.80. The van der Waals surface area contributed by atoms with Crippen molar-refractivity contribution in [1.82, 2.24) is 0 Å². The van der Waals surface area contributed by atoms with Gasteiger partial charge in [-0.2, -0.15) is 0 Å². The van der Waals surface area contributed by atoms with Gasteiger partial charge in [-0.25, -0.2) is 0 Å². The first-order chi connectivity index (χ1) is 5.18. The fourth-order valence-corrected chi connectivity index (χ4v) is 2.43. The Bertz CT molecular complexity index is 181. The van der Waals surface area contributed by atoms with Gasteiger partial charge in [-0.05, 0) is 31.1 Å². The van der Waals surface area contributed by atoms with E-state index in [2.05, 4.69) is 0 Å². The van der Waals surface area contributed by atoms with Crippen molar-refractivity contribution in [3.8, 4) is 0 Å². The highest BCUT2D eigenvalue weighted by Gasteiger charge is 2.46. The minimum absolute atomic E-state index is 0.0986. The van der Waals surface area contributed by atoms with Crippen molar-refractivity contribution >= 4 is 5.97 Å². The molecule has 11 heavy (non-hydrogen) atoms. The summed E-state index contributed by atoms with van der Waals surface area (Å²) in [5, 5.41) is 8.72. The maximum absolute atomic E-state index is 10.6. The Morgan fingerprint density at radius 2 is 1.82 bits per heavy atom. The molecule has 0 aromatic rings. The molecular formula is C8H13NO2. The predicted octanol–water partition coefficient (Wildman–Crippen LogP) is 0.444. The first kappa shape index (κ1) is 7.10. The highest BCUT2D eigenvalue weighted by Crippen LogP contribution is 2.47. The van der Waals surface area contributed by atoms with Crippen LogP contribution >= 0.6 is 0 Å². The number of nitrogens with two attached hydrogens (primary N) is 1. The topological polar surface area (TPSA) is 63.3 Å². The van der Waals surface area contributed by atoms with Crippen LogP contribution in [0.3, 0.4) is 0 Å². The van der Waals surface area contributed by atoms with Gasteiger partial charge in [0.25, 0.3) is 0 Å². The monoisotopic (exact) mass is 155 g/mol. The largest absolute Gasteiger partial charge is 0.481 e. The zero-order chi connectivity index (χ0) is 8.01. The van der Waals surface area contributed by atoms with Gasteiger partial charge in [0, 0.05) is 6.04 Å². The lowest BCUT2D eigenvalue weighted by Gasteiger charge is -2.49. The predicted molar refractivity (Wildman–Crippen MR) is 39.9 cm³/mol. The van der Waals surface area contributed by atoms with E-state index in [4.69, 9.17) is 10.8 Å². The normalized spacial score (nSPS) is 48.1. The molecule has 0 saturated heterocycles.